The zero-order valence-electron chi connectivity index (χ0n) is 10.9. The van der Waals surface area contributed by atoms with Crippen LogP contribution in [0.5, 0.6) is 0 Å². The first kappa shape index (κ1) is 12.3. The minimum Gasteiger partial charge on any atom is -0.367 e. The zero-order chi connectivity index (χ0) is 12.5. The van der Waals surface area contributed by atoms with Gasteiger partial charge in [0.2, 0.25) is 0 Å². The van der Waals surface area contributed by atoms with Crippen LogP contribution in [0.3, 0.4) is 0 Å². The van der Waals surface area contributed by atoms with Crippen molar-refractivity contribution >= 4 is 5.82 Å². The van der Waals surface area contributed by atoms with Gasteiger partial charge in [0, 0.05) is 29.3 Å². The van der Waals surface area contributed by atoms with Crippen LogP contribution in [-0.2, 0) is 6.42 Å². The number of anilines is 1. The van der Waals surface area contributed by atoms with Gasteiger partial charge in [0.05, 0.1) is 0 Å². The van der Waals surface area contributed by atoms with Gasteiger partial charge in [-0.05, 0) is 12.8 Å². The standard InChI is InChI=1S/C13H22N4/c1-4-5-9-6-12(16-8-15-9)17-11-7-10(14)13(11,2)3/h6,8,10-11H,4-5,7,14H2,1-3H3,(H,15,16,17). The van der Waals surface area contributed by atoms with Gasteiger partial charge >= 0.3 is 0 Å². The number of aryl methyl sites for hydroxylation is 1. The number of aromatic nitrogens is 2. The predicted molar refractivity (Wildman–Crippen MR) is 69.8 cm³/mol. The van der Waals surface area contributed by atoms with Gasteiger partial charge < -0.3 is 11.1 Å². The molecule has 4 heteroatoms. The van der Waals surface area contributed by atoms with Crippen molar-refractivity contribution in [2.75, 3.05) is 5.32 Å². The van der Waals surface area contributed by atoms with Gasteiger partial charge in [0.15, 0.2) is 0 Å². The van der Waals surface area contributed by atoms with Crippen LogP contribution < -0.4 is 11.1 Å². The normalized spacial score (nSPS) is 26.4. The molecule has 0 aliphatic heterocycles. The van der Waals surface area contributed by atoms with Crippen LogP contribution >= 0.6 is 0 Å². The Morgan fingerprint density at radius 2 is 2.24 bits per heavy atom. The maximum Gasteiger partial charge on any atom is 0.129 e. The van der Waals surface area contributed by atoms with Crippen molar-refractivity contribution in [3.63, 3.8) is 0 Å². The molecule has 0 bridgehead atoms. The Hall–Kier alpha value is -1.16. The maximum atomic E-state index is 6.01. The first-order valence-corrected chi connectivity index (χ1v) is 6.37. The number of rotatable bonds is 4. The summed E-state index contributed by atoms with van der Waals surface area (Å²) < 4.78 is 0. The minimum absolute atomic E-state index is 0.149. The monoisotopic (exact) mass is 234 g/mol. The second-order valence-electron chi connectivity index (χ2n) is 5.51. The molecule has 2 unspecified atom stereocenters. The summed E-state index contributed by atoms with van der Waals surface area (Å²) in [5, 5.41) is 3.47. The van der Waals surface area contributed by atoms with E-state index in [1.54, 1.807) is 6.33 Å². The summed E-state index contributed by atoms with van der Waals surface area (Å²) in [5.41, 5.74) is 7.26. The van der Waals surface area contributed by atoms with Gasteiger partial charge in [-0.15, -0.1) is 0 Å². The van der Waals surface area contributed by atoms with Gasteiger partial charge in [0.1, 0.15) is 12.1 Å². The molecule has 1 fully saturated rings. The van der Waals surface area contributed by atoms with E-state index in [1.165, 1.54) is 0 Å². The molecule has 3 N–H and O–H groups in total. The molecule has 1 aliphatic rings. The molecule has 0 radical (unpaired) electrons. The quantitative estimate of drug-likeness (QED) is 0.836. The van der Waals surface area contributed by atoms with Crippen molar-refractivity contribution in [2.45, 2.75) is 52.1 Å². The van der Waals surface area contributed by atoms with E-state index in [9.17, 15) is 0 Å². The molecule has 1 aromatic rings. The summed E-state index contributed by atoms with van der Waals surface area (Å²) >= 11 is 0. The third-order valence-corrected chi connectivity index (χ3v) is 3.90. The Morgan fingerprint density at radius 1 is 1.47 bits per heavy atom. The molecule has 0 spiro atoms. The van der Waals surface area contributed by atoms with E-state index < -0.39 is 0 Å². The summed E-state index contributed by atoms with van der Waals surface area (Å²) in [7, 11) is 0. The Bertz CT molecular complexity index is 389. The highest BCUT2D eigenvalue weighted by atomic mass is 15.1. The first-order chi connectivity index (χ1) is 8.04. The molecular weight excluding hydrogens is 212 g/mol. The Morgan fingerprint density at radius 3 is 2.82 bits per heavy atom. The van der Waals surface area contributed by atoms with Crippen LogP contribution in [0.1, 0.15) is 39.3 Å². The predicted octanol–water partition coefficient (Wildman–Crippen LogP) is 1.97. The van der Waals surface area contributed by atoms with E-state index in [0.29, 0.717) is 6.04 Å². The summed E-state index contributed by atoms with van der Waals surface area (Å²) in [5.74, 6) is 0.924. The van der Waals surface area contributed by atoms with E-state index in [2.05, 4.69) is 36.1 Å². The number of nitrogens with two attached hydrogens (primary N) is 1. The van der Waals surface area contributed by atoms with Crippen molar-refractivity contribution in [3.05, 3.63) is 18.1 Å². The van der Waals surface area contributed by atoms with Crippen LogP contribution in [0.25, 0.3) is 0 Å². The number of nitrogens with zero attached hydrogens (tertiary/aromatic N) is 2. The van der Waals surface area contributed by atoms with Crippen molar-refractivity contribution in [2.24, 2.45) is 11.1 Å². The molecule has 2 atom stereocenters. The fourth-order valence-electron chi connectivity index (χ4n) is 2.25. The van der Waals surface area contributed by atoms with Crippen molar-refractivity contribution < 1.29 is 0 Å². The summed E-state index contributed by atoms with van der Waals surface area (Å²) in [4.78, 5) is 8.53. The van der Waals surface area contributed by atoms with Crippen molar-refractivity contribution in [1.82, 2.24) is 9.97 Å². The molecule has 0 aromatic carbocycles. The van der Waals surface area contributed by atoms with E-state index in [4.69, 9.17) is 5.73 Å². The molecule has 0 amide bonds. The lowest BCUT2D eigenvalue weighted by atomic mass is 9.63. The lowest BCUT2D eigenvalue weighted by Gasteiger charge is -2.50. The van der Waals surface area contributed by atoms with Gasteiger partial charge in [0.25, 0.3) is 0 Å². The fourth-order valence-corrected chi connectivity index (χ4v) is 2.25. The van der Waals surface area contributed by atoms with Gasteiger partial charge in [-0.3, -0.25) is 0 Å². The summed E-state index contributed by atoms with van der Waals surface area (Å²) in [6, 6.07) is 2.75. The molecule has 1 saturated carbocycles. The smallest absolute Gasteiger partial charge is 0.129 e. The van der Waals surface area contributed by atoms with E-state index >= 15 is 0 Å². The molecule has 0 saturated heterocycles. The summed E-state index contributed by atoms with van der Waals surface area (Å²) in [6.07, 6.45) is 4.76. The highest BCUT2D eigenvalue weighted by Gasteiger charge is 2.46. The second-order valence-corrected chi connectivity index (χ2v) is 5.51. The number of hydrogen-bond donors (Lipinski definition) is 2. The average Bonchev–Trinajstić information content (AvgIpc) is 2.30. The molecule has 1 heterocycles. The average molecular weight is 234 g/mol. The SMILES string of the molecule is CCCc1cc(NC2CC(N)C2(C)C)ncn1. The van der Waals surface area contributed by atoms with Crippen LogP contribution in [0.4, 0.5) is 5.82 Å². The van der Waals surface area contributed by atoms with Crippen LogP contribution in [0, 0.1) is 5.41 Å². The van der Waals surface area contributed by atoms with Crippen LogP contribution in [-0.4, -0.2) is 22.1 Å². The van der Waals surface area contributed by atoms with Gasteiger partial charge in [-0.1, -0.05) is 27.2 Å². The molecule has 1 aliphatic carbocycles. The van der Waals surface area contributed by atoms with E-state index in [0.717, 1.165) is 30.8 Å². The highest BCUT2D eigenvalue weighted by Crippen LogP contribution is 2.40. The largest absolute Gasteiger partial charge is 0.367 e. The third kappa shape index (κ3) is 2.41. The summed E-state index contributed by atoms with van der Waals surface area (Å²) in [6.45, 7) is 6.56. The van der Waals surface area contributed by atoms with Crippen molar-refractivity contribution in [3.8, 4) is 0 Å². The molecule has 17 heavy (non-hydrogen) atoms. The second kappa shape index (κ2) is 4.61. The molecule has 4 nitrogen and oxygen atoms in total. The third-order valence-electron chi connectivity index (χ3n) is 3.90. The lowest BCUT2D eigenvalue weighted by Crippen LogP contribution is -2.61. The molecule has 94 valence electrons. The first-order valence-electron chi connectivity index (χ1n) is 6.37. The van der Waals surface area contributed by atoms with E-state index in [1.807, 2.05) is 6.07 Å². The Labute approximate surface area is 103 Å². The van der Waals surface area contributed by atoms with Gasteiger partial charge in [-0.25, -0.2) is 9.97 Å². The number of hydrogen-bond acceptors (Lipinski definition) is 4. The van der Waals surface area contributed by atoms with Crippen LogP contribution in [0.2, 0.25) is 0 Å². The molecule has 1 aromatic heterocycles. The topological polar surface area (TPSA) is 63.8 Å². The molecule has 2 rings (SSSR count). The van der Waals surface area contributed by atoms with Crippen LogP contribution in [0.15, 0.2) is 12.4 Å². The van der Waals surface area contributed by atoms with Gasteiger partial charge in [-0.2, -0.15) is 0 Å². The highest BCUT2D eigenvalue weighted by molar-refractivity contribution is 5.38. The zero-order valence-corrected chi connectivity index (χ0v) is 10.9. The van der Waals surface area contributed by atoms with Crippen molar-refractivity contribution in [1.29, 1.82) is 0 Å². The number of nitrogens with one attached hydrogen (secondary N) is 1. The fraction of sp³-hybridized carbons (Fsp3) is 0.692. The Balaban J connectivity index is 2.02. The maximum absolute atomic E-state index is 6.01. The lowest BCUT2D eigenvalue weighted by molar-refractivity contribution is 0.117. The van der Waals surface area contributed by atoms with E-state index in [-0.39, 0.29) is 11.5 Å². The minimum atomic E-state index is 0.149. The molecular formula is C13H22N4. The Kier molecular flexibility index (Phi) is 3.33.